The van der Waals surface area contributed by atoms with E-state index >= 15 is 0 Å². The minimum Gasteiger partial charge on any atom is -0.497 e. The molecular weight excluding hydrogens is 334 g/mol. The summed E-state index contributed by atoms with van der Waals surface area (Å²) in [5.74, 6) is 2.26. The summed E-state index contributed by atoms with van der Waals surface area (Å²) in [6, 6.07) is 16.6. The third-order valence-corrected chi connectivity index (χ3v) is 4.60. The van der Waals surface area contributed by atoms with Crippen LogP contribution >= 0.6 is 0 Å². The second-order valence-corrected chi connectivity index (χ2v) is 6.71. The van der Waals surface area contributed by atoms with Gasteiger partial charge in [-0.25, -0.2) is 4.98 Å². The number of aromatic nitrogens is 1. The van der Waals surface area contributed by atoms with Crippen molar-refractivity contribution in [2.24, 2.45) is 0 Å². The van der Waals surface area contributed by atoms with Gasteiger partial charge in [-0.15, -0.1) is 0 Å². The van der Waals surface area contributed by atoms with Gasteiger partial charge in [0.05, 0.1) is 7.11 Å². The molecule has 1 aromatic heterocycles. The Morgan fingerprint density at radius 3 is 2.37 bits per heavy atom. The first kappa shape index (κ1) is 19.0. The van der Waals surface area contributed by atoms with Crippen molar-refractivity contribution in [3.63, 3.8) is 0 Å². The smallest absolute Gasteiger partial charge is 0.192 e. The number of hydrogen-bond donors (Lipinski definition) is 0. The van der Waals surface area contributed by atoms with Gasteiger partial charge in [-0.3, -0.25) is 0 Å². The van der Waals surface area contributed by atoms with Gasteiger partial charge in [0.15, 0.2) is 11.7 Å². The zero-order valence-electron chi connectivity index (χ0n) is 16.4. The van der Waals surface area contributed by atoms with E-state index in [0.717, 1.165) is 34.8 Å². The summed E-state index contributed by atoms with van der Waals surface area (Å²) in [5, 5.41) is 0. The highest BCUT2D eigenvalue weighted by atomic mass is 16.5. The van der Waals surface area contributed by atoms with E-state index in [4.69, 9.17) is 9.15 Å². The van der Waals surface area contributed by atoms with Gasteiger partial charge < -0.3 is 9.15 Å². The molecule has 0 radical (unpaired) electrons. The monoisotopic (exact) mass is 361 g/mol. The van der Waals surface area contributed by atoms with Crippen molar-refractivity contribution in [2.75, 3.05) is 7.11 Å². The van der Waals surface area contributed by atoms with Gasteiger partial charge in [-0.05, 0) is 54.3 Å². The summed E-state index contributed by atoms with van der Waals surface area (Å²) >= 11 is 0. The number of rotatable bonds is 8. The van der Waals surface area contributed by atoms with Crippen molar-refractivity contribution in [3.05, 3.63) is 71.3 Å². The van der Waals surface area contributed by atoms with Crippen LogP contribution in [0.1, 0.15) is 49.0 Å². The molecule has 0 spiro atoms. The zero-order chi connectivity index (χ0) is 19.1. The second kappa shape index (κ2) is 9.22. The minimum absolute atomic E-state index is 0.659. The summed E-state index contributed by atoms with van der Waals surface area (Å²) < 4.78 is 11.0. The predicted molar refractivity (Wildman–Crippen MR) is 112 cm³/mol. The molecular formula is C24H27NO2. The van der Waals surface area contributed by atoms with Crippen LogP contribution in [0.4, 0.5) is 0 Å². The van der Waals surface area contributed by atoms with Crippen LogP contribution < -0.4 is 4.74 Å². The van der Waals surface area contributed by atoms with E-state index in [2.05, 4.69) is 42.2 Å². The first-order valence-electron chi connectivity index (χ1n) is 9.58. The van der Waals surface area contributed by atoms with Crippen molar-refractivity contribution in [1.82, 2.24) is 4.98 Å². The van der Waals surface area contributed by atoms with Gasteiger partial charge in [0.1, 0.15) is 11.4 Å². The van der Waals surface area contributed by atoms with Crippen LogP contribution in [0.2, 0.25) is 0 Å². The average Bonchev–Trinajstić information content (AvgIpc) is 3.08. The maximum atomic E-state index is 5.81. The Morgan fingerprint density at radius 1 is 0.963 bits per heavy atom. The molecule has 3 heteroatoms. The fourth-order valence-corrected chi connectivity index (χ4v) is 3.06. The first-order valence-corrected chi connectivity index (χ1v) is 9.58. The van der Waals surface area contributed by atoms with Crippen molar-refractivity contribution in [2.45, 2.75) is 39.5 Å². The highest BCUT2D eigenvalue weighted by Gasteiger charge is 2.11. The number of unbranched alkanes of at least 4 members (excludes halogenated alkanes) is 2. The number of methoxy groups -OCH3 is 1. The number of aryl methyl sites for hydroxylation is 2. The second-order valence-electron chi connectivity index (χ2n) is 6.71. The Hall–Kier alpha value is -2.81. The van der Waals surface area contributed by atoms with Crippen LogP contribution in [0, 0.1) is 6.92 Å². The normalized spacial score (nSPS) is 11.2. The van der Waals surface area contributed by atoms with Crippen LogP contribution in [0.3, 0.4) is 0 Å². The Labute approximate surface area is 161 Å². The van der Waals surface area contributed by atoms with Crippen LogP contribution in [-0.2, 0) is 6.42 Å². The quantitative estimate of drug-likeness (QED) is 0.426. The van der Waals surface area contributed by atoms with Gasteiger partial charge in [0.2, 0.25) is 0 Å². The maximum absolute atomic E-state index is 5.81. The summed E-state index contributed by atoms with van der Waals surface area (Å²) in [6.07, 6.45) is 9.03. The molecule has 27 heavy (non-hydrogen) atoms. The third-order valence-electron chi connectivity index (χ3n) is 4.60. The molecule has 0 fully saturated rings. The molecule has 1 heterocycles. The Bertz CT molecular complexity index is 874. The highest BCUT2D eigenvalue weighted by molar-refractivity contribution is 5.76. The van der Waals surface area contributed by atoms with Gasteiger partial charge in [0.25, 0.3) is 0 Å². The van der Waals surface area contributed by atoms with Crippen LogP contribution in [-0.4, -0.2) is 12.1 Å². The fourth-order valence-electron chi connectivity index (χ4n) is 3.06. The van der Waals surface area contributed by atoms with Crippen molar-refractivity contribution in [3.8, 4) is 17.0 Å². The largest absolute Gasteiger partial charge is 0.497 e. The summed E-state index contributed by atoms with van der Waals surface area (Å²) in [5.41, 5.74) is 4.42. The molecule has 0 aliphatic heterocycles. The number of nitrogens with zero attached hydrogens (tertiary/aromatic N) is 1. The molecule has 2 aromatic carbocycles. The highest BCUT2D eigenvalue weighted by Crippen LogP contribution is 2.27. The van der Waals surface area contributed by atoms with Gasteiger partial charge >= 0.3 is 0 Å². The van der Waals surface area contributed by atoms with Crippen LogP contribution in [0.25, 0.3) is 23.4 Å². The molecule has 3 nitrogen and oxygen atoms in total. The van der Waals surface area contributed by atoms with Gasteiger partial charge in [-0.1, -0.05) is 50.1 Å². The molecule has 0 amide bonds. The molecule has 0 saturated heterocycles. The topological polar surface area (TPSA) is 35.3 Å². The lowest BCUT2D eigenvalue weighted by molar-refractivity contribution is 0.415. The van der Waals surface area contributed by atoms with Crippen molar-refractivity contribution >= 4 is 12.2 Å². The molecule has 140 valence electrons. The van der Waals surface area contributed by atoms with Crippen LogP contribution in [0.15, 0.2) is 52.9 Å². The predicted octanol–water partition coefficient (Wildman–Crippen LogP) is 6.56. The van der Waals surface area contributed by atoms with E-state index in [1.165, 1.54) is 24.8 Å². The maximum Gasteiger partial charge on any atom is 0.192 e. The van der Waals surface area contributed by atoms with Crippen molar-refractivity contribution < 1.29 is 9.15 Å². The minimum atomic E-state index is 0.659. The SMILES string of the molecule is CCCCCc1ccc(/C=C/c2oc(C)nc2-c2ccc(OC)cc2)cc1. The summed E-state index contributed by atoms with van der Waals surface area (Å²) in [7, 11) is 1.67. The standard InChI is InChI=1S/C24H27NO2/c1-4-5-6-7-19-8-10-20(11-9-19)12-17-23-24(25-18(2)27-23)21-13-15-22(26-3)16-14-21/h8-17H,4-7H2,1-3H3/b17-12+. The molecule has 0 aliphatic carbocycles. The fraction of sp³-hybridized carbons (Fsp3) is 0.292. The van der Waals surface area contributed by atoms with Gasteiger partial charge in [-0.2, -0.15) is 0 Å². The number of oxazole rings is 1. The molecule has 0 unspecified atom stereocenters. The number of ether oxygens (including phenoxy) is 1. The van der Waals surface area contributed by atoms with Crippen LogP contribution in [0.5, 0.6) is 5.75 Å². The first-order chi connectivity index (χ1) is 13.2. The van der Waals surface area contributed by atoms with E-state index in [9.17, 15) is 0 Å². The molecule has 0 atom stereocenters. The molecule has 0 N–H and O–H groups in total. The number of benzene rings is 2. The molecule has 0 bridgehead atoms. The Balaban J connectivity index is 1.75. The lowest BCUT2D eigenvalue weighted by atomic mass is 10.0. The number of hydrogen-bond acceptors (Lipinski definition) is 3. The molecule has 0 saturated carbocycles. The lowest BCUT2D eigenvalue weighted by Crippen LogP contribution is -1.85. The molecule has 3 rings (SSSR count). The molecule has 3 aromatic rings. The van der Waals surface area contributed by atoms with E-state index in [1.54, 1.807) is 7.11 Å². The van der Waals surface area contributed by atoms with E-state index in [-0.39, 0.29) is 0 Å². The van der Waals surface area contributed by atoms with Crippen molar-refractivity contribution in [1.29, 1.82) is 0 Å². The average molecular weight is 361 g/mol. The molecule has 0 aliphatic rings. The van der Waals surface area contributed by atoms with E-state index in [0.29, 0.717) is 5.89 Å². The Morgan fingerprint density at radius 2 is 1.70 bits per heavy atom. The van der Waals surface area contributed by atoms with Gasteiger partial charge in [0, 0.05) is 12.5 Å². The Kier molecular flexibility index (Phi) is 6.48. The summed E-state index contributed by atoms with van der Waals surface area (Å²) in [6.45, 7) is 4.11. The third kappa shape index (κ3) is 5.10. The van der Waals surface area contributed by atoms with E-state index < -0.39 is 0 Å². The zero-order valence-corrected chi connectivity index (χ0v) is 16.4. The summed E-state index contributed by atoms with van der Waals surface area (Å²) in [4.78, 5) is 4.55. The lowest BCUT2D eigenvalue weighted by Gasteiger charge is -2.02. The van der Waals surface area contributed by atoms with E-state index in [1.807, 2.05) is 37.3 Å².